The Morgan fingerprint density at radius 3 is 2.31 bits per heavy atom. The van der Waals surface area contributed by atoms with Crippen molar-refractivity contribution in [3.8, 4) is 0 Å². The third-order valence-electron chi connectivity index (χ3n) is 6.04. The van der Waals surface area contributed by atoms with Crippen molar-refractivity contribution >= 4 is 46.1 Å². The van der Waals surface area contributed by atoms with Crippen LogP contribution in [-0.4, -0.2) is 80.2 Å². The zero-order chi connectivity index (χ0) is 28.1. The van der Waals surface area contributed by atoms with Crippen LogP contribution in [0.2, 0.25) is 0 Å². The standard InChI is InChI=1S/C27H28N6O6/c1-31(2)14-15-33-24(34)20-7-5-6-19-22(13-12-21(23(19)20)25(33)35)28-26(36)39-16-17-8-10-18(11-9-17)29-30-32(3)27(37)38-4/h5-13H,14-16H2,1-4H3,(H,28,36). The lowest BCUT2D eigenvalue weighted by Crippen LogP contribution is -2.43. The molecule has 1 N–H and O–H groups in total. The average molecular weight is 533 g/mol. The van der Waals surface area contributed by atoms with Gasteiger partial charge in [-0.15, -0.1) is 5.11 Å². The fourth-order valence-electron chi connectivity index (χ4n) is 4.00. The first kappa shape index (κ1) is 27.2. The van der Waals surface area contributed by atoms with Gasteiger partial charge in [0.25, 0.3) is 11.8 Å². The van der Waals surface area contributed by atoms with Crippen LogP contribution >= 0.6 is 0 Å². The van der Waals surface area contributed by atoms with Crippen LogP contribution < -0.4 is 5.32 Å². The number of benzene rings is 3. The first-order chi connectivity index (χ1) is 18.7. The maximum atomic E-state index is 13.1. The molecule has 3 aromatic rings. The molecule has 3 aromatic carbocycles. The molecule has 4 amide bonds. The Bertz CT molecular complexity index is 1430. The highest BCUT2D eigenvalue weighted by atomic mass is 16.6. The van der Waals surface area contributed by atoms with Crippen LogP contribution in [0.15, 0.2) is 64.9 Å². The number of ether oxygens (including phenoxy) is 2. The van der Waals surface area contributed by atoms with E-state index in [4.69, 9.17) is 4.74 Å². The second-order valence-corrected chi connectivity index (χ2v) is 9.00. The molecular formula is C27H28N6O6. The Morgan fingerprint density at radius 2 is 1.64 bits per heavy atom. The van der Waals surface area contributed by atoms with Crippen molar-refractivity contribution in [2.75, 3.05) is 46.7 Å². The third-order valence-corrected chi connectivity index (χ3v) is 6.04. The van der Waals surface area contributed by atoms with Crippen LogP contribution in [0.4, 0.5) is 21.0 Å². The van der Waals surface area contributed by atoms with Crippen molar-refractivity contribution in [2.45, 2.75) is 6.61 Å². The van der Waals surface area contributed by atoms with E-state index in [9.17, 15) is 19.2 Å². The number of imide groups is 1. The summed E-state index contributed by atoms with van der Waals surface area (Å²) in [6, 6.07) is 15.1. The second kappa shape index (κ2) is 11.7. The quantitative estimate of drug-likeness (QED) is 0.258. The largest absolute Gasteiger partial charge is 0.451 e. The molecule has 0 atom stereocenters. The lowest BCUT2D eigenvalue weighted by molar-refractivity contribution is 0.0601. The van der Waals surface area contributed by atoms with Gasteiger partial charge in [0.15, 0.2) is 0 Å². The smallest absolute Gasteiger partial charge is 0.431 e. The lowest BCUT2D eigenvalue weighted by atomic mass is 9.93. The van der Waals surface area contributed by atoms with Crippen molar-refractivity contribution in [2.24, 2.45) is 10.3 Å². The molecule has 0 fully saturated rings. The summed E-state index contributed by atoms with van der Waals surface area (Å²) in [4.78, 5) is 53.3. The van der Waals surface area contributed by atoms with Gasteiger partial charge in [-0.25, -0.2) is 9.59 Å². The first-order valence-corrected chi connectivity index (χ1v) is 12.0. The van der Waals surface area contributed by atoms with E-state index in [0.29, 0.717) is 45.4 Å². The number of carbonyl (C=O) groups excluding carboxylic acids is 4. The van der Waals surface area contributed by atoms with E-state index in [1.54, 1.807) is 54.6 Å². The Labute approximate surface area is 224 Å². The van der Waals surface area contributed by atoms with Gasteiger partial charge in [0.05, 0.1) is 18.5 Å². The number of anilines is 1. The van der Waals surface area contributed by atoms with E-state index in [2.05, 4.69) is 20.4 Å². The van der Waals surface area contributed by atoms with E-state index < -0.39 is 12.2 Å². The molecule has 0 saturated heterocycles. The van der Waals surface area contributed by atoms with Gasteiger partial charge in [-0.1, -0.05) is 29.5 Å². The molecule has 0 aromatic heterocycles. The van der Waals surface area contributed by atoms with Crippen LogP contribution in [-0.2, 0) is 16.1 Å². The zero-order valence-corrected chi connectivity index (χ0v) is 22.0. The molecule has 1 aliphatic heterocycles. The Hall–Kier alpha value is -4.84. The number of likely N-dealkylation sites (N-methyl/N-ethyl adjacent to an activating group) is 1. The molecule has 39 heavy (non-hydrogen) atoms. The molecular weight excluding hydrogens is 504 g/mol. The van der Waals surface area contributed by atoms with Crippen LogP contribution in [0.3, 0.4) is 0 Å². The second-order valence-electron chi connectivity index (χ2n) is 9.00. The normalized spacial score (nSPS) is 12.8. The molecule has 1 aliphatic rings. The minimum atomic E-state index is -0.694. The molecule has 202 valence electrons. The molecule has 12 heteroatoms. The SMILES string of the molecule is COC(=O)N(C)N=Nc1ccc(COC(=O)Nc2ccc3c4c(cccc24)C(=O)N(CCN(C)C)C3=O)cc1. The average Bonchev–Trinajstić information content (AvgIpc) is 2.93. The predicted octanol–water partition coefficient (Wildman–Crippen LogP) is 4.44. The zero-order valence-electron chi connectivity index (χ0n) is 22.0. The van der Waals surface area contributed by atoms with Gasteiger partial charge in [-0.2, -0.15) is 5.01 Å². The summed E-state index contributed by atoms with van der Waals surface area (Å²) < 4.78 is 9.89. The highest BCUT2D eigenvalue weighted by Gasteiger charge is 2.33. The first-order valence-electron chi connectivity index (χ1n) is 12.0. The molecule has 0 radical (unpaired) electrons. The molecule has 0 aliphatic carbocycles. The van der Waals surface area contributed by atoms with E-state index in [1.807, 2.05) is 19.0 Å². The van der Waals surface area contributed by atoms with E-state index >= 15 is 0 Å². The van der Waals surface area contributed by atoms with Gasteiger partial charge in [-0.3, -0.25) is 19.8 Å². The number of methoxy groups -OCH3 is 1. The molecule has 0 spiro atoms. The number of amides is 4. The summed E-state index contributed by atoms with van der Waals surface area (Å²) in [5.41, 5.74) is 2.44. The summed E-state index contributed by atoms with van der Waals surface area (Å²) in [5, 5.41) is 12.4. The molecule has 12 nitrogen and oxygen atoms in total. The minimum Gasteiger partial charge on any atom is -0.451 e. The van der Waals surface area contributed by atoms with Crippen molar-refractivity contribution in [3.63, 3.8) is 0 Å². The summed E-state index contributed by atoms with van der Waals surface area (Å²) >= 11 is 0. The van der Waals surface area contributed by atoms with Crippen LogP contribution in [0.1, 0.15) is 26.3 Å². The van der Waals surface area contributed by atoms with Gasteiger partial charge < -0.3 is 14.4 Å². The molecule has 0 saturated carbocycles. The van der Waals surface area contributed by atoms with Crippen molar-refractivity contribution < 1.29 is 28.7 Å². The Kier molecular flexibility index (Phi) is 8.15. The third kappa shape index (κ3) is 6.02. The molecule has 4 rings (SSSR count). The van der Waals surface area contributed by atoms with Crippen molar-refractivity contribution in [1.82, 2.24) is 14.8 Å². The van der Waals surface area contributed by atoms with E-state index in [1.165, 1.54) is 19.1 Å². The van der Waals surface area contributed by atoms with Crippen LogP contribution in [0, 0.1) is 0 Å². The highest BCUT2D eigenvalue weighted by Crippen LogP contribution is 2.34. The molecule has 1 heterocycles. The van der Waals surface area contributed by atoms with Gasteiger partial charge in [0, 0.05) is 42.0 Å². The fourth-order valence-corrected chi connectivity index (χ4v) is 4.00. The number of rotatable bonds is 8. The summed E-state index contributed by atoms with van der Waals surface area (Å²) in [6.45, 7) is 0.819. The van der Waals surface area contributed by atoms with Crippen LogP contribution in [0.25, 0.3) is 10.8 Å². The van der Waals surface area contributed by atoms with E-state index in [0.717, 1.165) is 5.01 Å². The number of hydrogen-bond donors (Lipinski definition) is 1. The Balaban J connectivity index is 1.43. The molecule has 0 bridgehead atoms. The fraction of sp³-hybridized carbons (Fsp3) is 0.259. The minimum absolute atomic E-state index is 0.00953. The number of nitrogens with one attached hydrogen (secondary N) is 1. The summed E-state index contributed by atoms with van der Waals surface area (Å²) in [6.07, 6.45) is -1.34. The number of nitrogens with zero attached hydrogens (tertiary/aromatic N) is 5. The van der Waals surface area contributed by atoms with Crippen molar-refractivity contribution in [1.29, 1.82) is 0 Å². The molecule has 0 unspecified atom stereocenters. The predicted molar refractivity (Wildman–Crippen MR) is 143 cm³/mol. The maximum Gasteiger partial charge on any atom is 0.431 e. The van der Waals surface area contributed by atoms with Crippen molar-refractivity contribution in [3.05, 3.63) is 71.3 Å². The summed E-state index contributed by atoms with van der Waals surface area (Å²) in [7, 11) is 6.41. The number of carbonyl (C=O) groups is 4. The topological polar surface area (TPSA) is 133 Å². The number of hydrogen-bond acceptors (Lipinski definition) is 9. The summed E-state index contributed by atoms with van der Waals surface area (Å²) in [5.74, 6) is -0.723. The monoisotopic (exact) mass is 532 g/mol. The maximum absolute atomic E-state index is 13.1. The Morgan fingerprint density at radius 1 is 0.949 bits per heavy atom. The lowest BCUT2D eigenvalue weighted by Gasteiger charge is -2.28. The van der Waals surface area contributed by atoms with Gasteiger partial charge in [0.1, 0.15) is 6.61 Å². The van der Waals surface area contributed by atoms with Gasteiger partial charge in [-0.05, 0) is 50.0 Å². The highest BCUT2D eigenvalue weighted by molar-refractivity contribution is 6.27. The van der Waals surface area contributed by atoms with Crippen LogP contribution in [0.5, 0.6) is 0 Å². The van der Waals surface area contributed by atoms with Gasteiger partial charge >= 0.3 is 12.2 Å². The van der Waals surface area contributed by atoms with E-state index in [-0.39, 0.29) is 25.0 Å². The van der Waals surface area contributed by atoms with Gasteiger partial charge in [0.2, 0.25) is 0 Å².